The Balaban J connectivity index is 0.000000282. The van der Waals surface area contributed by atoms with E-state index in [2.05, 4.69) is 5.10 Å². The van der Waals surface area contributed by atoms with E-state index in [4.69, 9.17) is 44.6 Å². The number of nitrogens with zero attached hydrogens (tertiary/aromatic N) is 2. The summed E-state index contributed by atoms with van der Waals surface area (Å²) in [7, 11) is 19.8. The maximum Gasteiger partial charge on any atom is 0.564 e. The molecule has 0 atom stereocenters. The van der Waals surface area contributed by atoms with E-state index >= 15 is 0 Å². The second-order valence-corrected chi connectivity index (χ2v) is 18.7. The normalized spacial score (nSPS) is 11.2. The summed E-state index contributed by atoms with van der Waals surface area (Å²) in [5.41, 5.74) is 1.10. The summed E-state index contributed by atoms with van der Waals surface area (Å²) in [6, 6.07) is 13.9. The van der Waals surface area contributed by atoms with E-state index in [1.165, 1.54) is 0 Å². The summed E-state index contributed by atoms with van der Waals surface area (Å²) in [6.45, 7) is 0. The van der Waals surface area contributed by atoms with Gasteiger partial charge in [0.25, 0.3) is 0 Å². The summed E-state index contributed by atoms with van der Waals surface area (Å²) in [6.07, 6.45) is 1.67. The highest BCUT2D eigenvalue weighted by Gasteiger charge is 2.16. The average molecular weight is 416 g/mol. The summed E-state index contributed by atoms with van der Waals surface area (Å²) < 4.78 is 7.27. The molecule has 21 heavy (non-hydrogen) atoms. The number of benzene rings is 1. The summed E-state index contributed by atoms with van der Waals surface area (Å²) in [4.78, 5) is 0. The van der Waals surface area contributed by atoms with Crippen molar-refractivity contribution in [1.82, 2.24) is 5.10 Å². The molecule has 0 aliphatic heterocycles. The zero-order chi connectivity index (χ0) is 15.3. The van der Waals surface area contributed by atoms with Gasteiger partial charge in [0.15, 0.2) is 5.76 Å². The number of furan rings is 1. The van der Waals surface area contributed by atoms with E-state index in [1.54, 1.807) is 17.2 Å². The first-order valence-electron chi connectivity index (χ1n) is 5.66. The fourth-order valence-corrected chi connectivity index (χ4v) is 3.49. The molecule has 3 rings (SSSR count). The Kier molecular flexibility index (Phi) is 6.81. The molecule has 0 amide bonds. The van der Waals surface area contributed by atoms with Crippen molar-refractivity contribution in [3.8, 4) is 16.5 Å². The summed E-state index contributed by atoms with van der Waals surface area (Å²) in [5, 5.41) is 5.43. The molecule has 0 bridgehead atoms. The fraction of sp³-hybridized carbons (Fsp3) is 0. The van der Waals surface area contributed by atoms with Crippen molar-refractivity contribution in [2.45, 2.75) is 0 Å². The Morgan fingerprint density at radius 1 is 1.05 bits per heavy atom. The van der Waals surface area contributed by atoms with Crippen LogP contribution in [0.4, 0.5) is 0 Å². The third-order valence-electron chi connectivity index (χ3n) is 2.11. The molecule has 2 aromatic heterocycles. The van der Waals surface area contributed by atoms with Crippen molar-refractivity contribution in [3.05, 3.63) is 48.7 Å². The van der Waals surface area contributed by atoms with Crippen LogP contribution in [0.3, 0.4) is 0 Å². The standard InChI is InChI=1S/C11H8N2OPS.Al.4ClH/c1-2-5-9(6-3-1)13-12-11(16-15-13)10-7-4-8-14-10;;;;;/h1-8H;;4*1H/q+1;+3;;;;/p-4. The van der Waals surface area contributed by atoms with Crippen LogP contribution in [-0.2, 0) is 0 Å². The van der Waals surface area contributed by atoms with Crippen LogP contribution in [0.15, 0.2) is 53.1 Å². The second kappa shape index (κ2) is 8.15. The molecule has 0 fully saturated rings. The number of aromatic nitrogens is 2. The quantitative estimate of drug-likeness (QED) is 0.507. The highest BCUT2D eigenvalue weighted by molar-refractivity contribution is 7.81. The predicted molar refractivity (Wildman–Crippen MR) is 93.0 cm³/mol. The SMILES string of the molecule is [Cl][Al-]([Cl])([Cl])[Cl].c1ccc(-[n+]2nc(-c3ccco3)sp2)cc1. The molecule has 1 aromatic carbocycles. The number of halogens is 4. The smallest absolute Gasteiger partial charge is 0.462 e. The van der Waals surface area contributed by atoms with Crippen molar-refractivity contribution in [2.75, 3.05) is 0 Å². The molecular formula is C11H8AlCl4N2OPS. The van der Waals surface area contributed by atoms with Crippen LogP contribution in [-0.4, -0.2) is 14.5 Å². The number of hydrogen-bond acceptors (Lipinski definition) is 3. The molecule has 0 aliphatic carbocycles. The van der Waals surface area contributed by atoms with Gasteiger partial charge in [-0.1, -0.05) is 18.2 Å². The van der Waals surface area contributed by atoms with Crippen molar-refractivity contribution in [3.63, 3.8) is 0 Å². The van der Waals surface area contributed by atoms with Crippen LogP contribution in [0.1, 0.15) is 0 Å². The van der Waals surface area contributed by atoms with Crippen molar-refractivity contribution in [1.29, 1.82) is 0 Å². The summed E-state index contributed by atoms with van der Waals surface area (Å²) in [5.74, 6) is 0.830. The molecule has 0 radical (unpaired) electrons. The fourth-order valence-electron chi connectivity index (χ4n) is 1.36. The van der Waals surface area contributed by atoms with Gasteiger partial charge in [0, 0.05) is 17.2 Å². The average Bonchev–Trinajstić information content (AvgIpc) is 3.09. The first-order valence-corrected chi connectivity index (χ1v) is 14.9. The molecule has 3 nitrogen and oxygen atoms in total. The Hall–Kier alpha value is 0.182. The lowest BCUT2D eigenvalue weighted by Crippen LogP contribution is -2.27. The van der Waals surface area contributed by atoms with Crippen LogP contribution in [0.25, 0.3) is 16.5 Å². The van der Waals surface area contributed by atoms with Gasteiger partial charge in [-0.2, -0.15) is 0 Å². The van der Waals surface area contributed by atoms with Crippen molar-refractivity contribution in [2.24, 2.45) is 0 Å². The van der Waals surface area contributed by atoms with Crippen LogP contribution in [0, 0.1) is 0 Å². The molecule has 3 aromatic rings. The van der Waals surface area contributed by atoms with Gasteiger partial charge in [0.1, 0.15) is 0 Å². The van der Waals surface area contributed by atoms with E-state index in [0.29, 0.717) is 0 Å². The molecule has 0 unspecified atom stereocenters. The zero-order valence-corrected chi connectivity index (χ0v) is 16.3. The molecular weight excluding hydrogens is 408 g/mol. The Morgan fingerprint density at radius 2 is 1.71 bits per heavy atom. The Bertz CT molecular complexity index is 669. The first-order chi connectivity index (χ1) is 9.93. The number of hydrogen-bond donors (Lipinski definition) is 0. The molecule has 0 saturated heterocycles. The van der Waals surface area contributed by atoms with Crippen LogP contribution in [0.5, 0.6) is 0 Å². The van der Waals surface area contributed by atoms with Gasteiger partial charge in [0.05, 0.1) is 6.26 Å². The second-order valence-electron chi connectivity index (χ2n) is 3.68. The maximum absolute atomic E-state index is 5.32. The van der Waals surface area contributed by atoms with E-state index in [1.807, 2.05) is 46.9 Å². The van der Waals surface area contributed by atoms with Gasteiger partial charge in [-0.05, 0) is 27.5 Å². The molecule has 10 heteroatoms. The lowest BCUT2D eigenvalue weighted by Gasteiger charge is -1.97. The lowest BCUT2D eigenvalue weighted by atomic mass is 10.3. The highest BCUT2D eigenvalue weighted by Crippen LogP contribution is 2.25. The molecule has 0 spiro atoms. The van der Waals surface area contributed by atoms with Gasteiger partial charge in [0.2, 0.25) is 10.7 Å². The Morgan fingerprint density at radius 3 is 2.29 bits per heavy atom. The van der Waals surface area contributed by atoms with Crippen LogP contribution >= 0.6 is 58.7 Å². The molecule has 0 N–H and O–H groups in total. The van der Waals surface area contributed by atoms with Gasteiger partial charge < -0.3 is 44.6 Å². The van der Waals surface area contributed by atoms with Crippen LogP contribution in [0.2, 0.25) is 0 Å². The van der Waals surface area contributed by atoms with Crippen molar-refractivity contribution < 1.29 is 8.86 Å². The topological polar surface area (TPSA) is 29.9 Å². The van der Waals surface area contributed by atoms with Gasteiger partial charge in [-0.3, -0.25) is 0 Å². The predicted octanol–water partition coefficient (Wildman–Crippen LogP) is 5.64. The van der Waals surface area contributed by atoms with E-state index < -0.39 is 9.39 Å². The number of rotatable bonds is 2. The third-order valence-corrected chi connectivity index (χ3v) is 4.35. The highest BCUT2D eigenvalue weighted by atomic mass is 35.9. The minimum absolute atomic E-state index is 0.830. The monoisotopic (exact) mass is 414 g/mol. The minimum atomic E-state index is -2.94. The van der Waals surface area contributed by atoms with E-state index in [0.717, 1.165) is 24.0 Å². The molecule has 110 valence electrons. The molecule has 0 aliphatic rings. The van der Waals surface area contributed by atoms with Crippen molar-refractivity contribution >= 4 is 68.1 Å². The van der Waals surface area contributed by atoms with E-state index in [9.17, 15) is 0 Å². The number of para-hydroxylation sites is 1. The largest absolute Gasteiger partial charge is 0.564 e. The summed E-state index contributed by atoms with van der Waals surface area (Å²) >= 11 is 0. The van der Waals surface area contributed by atoms with Gasteiger partial charge in [-0.25, -0.2) is 0 Å². The third kappa shape index (κ3) is 6.44. The maximum atomic E-state index is 5.32. The Labute approximate surface area is 146 Å². The van der Waals surface area contributed by atoms with E-state index in [-0.39, 0.29) is 0 Å². The zero-order valence-electron chi connectivity index (χ0n) is 10.4. The molecule has 2 heterocycles. The van der Waals surface area contributed by atoms with Gasteiger partial charge in [-0.15, -0.1) is 0 Å². The lowest BCUT2D eigenvalue weighted by molar-refractivity contribution is -0.584. The molecule has 0 saturated carbocycles. The minimum Gasteiger partial charge on any atom is -0.462 e. The van der Waals surface area contributed by atoms with Gasteiger partial charge >= 0.3 is 16.9 Å². The first kappa shape index (κ1) is 17.5. The van der Waals surface area contributed by atoms with Crippen LogP contribution < -0.4 is 4.44 Å².